The second-order valence-corrected chi connectivity index (χ2v) is 7.63. The Morgan fingerprint density at radius 2 is 1.82 bits per heavy atom. The van der Waals surface area contributed by atoms with E-state index < -0.39 is 10.0 Å². The predicted octanol–water partition coefficient (Wildman–Crippen LogP) is 1.92. The number of halogens is 1. The zero-order chi connectivity index (χ0) is 16.3. The highest BCUT2D eigenvalue weighted by atomic mass is 127. The van der Waals surface area contributed by atoms with Gasteiger partial charge in [-0.05, 0) is 26.2 Å². The normalized spacial score (nSPS) is 13.6. The highest BCUT2D eigenvalue weighted by molar-refractivity contribution is 14.0. The summed E-state index contributed by atoms with van der Waals surface area (Å²) in [5.74, 6) is 1.48. The number of rotatable bonds is 10. The van der Waals surface area contributed by atoms with Gasteiger partial charge >= 0.3 is 0 Å². The molecule has 22 heavy (non-hydrogen) atoms. The maximum atomic E-state index is 11.0. The standard InChI is InChI=1S/C14H32N4O2S.HI/c1-6-15-14(16-10-11-17-21(5,19)20)18-13(4)9-7-8-12(2)3;/h12-13,17H,6-11H2,1-5H3,(H2,15,16,18);1H. The van der Waals surface area contributed by atoms with Crippen LogP contribution < -0.4 is 15.4 Å². The fourth-order valence-corrected chi connectivity index (χ4v) is 2.32. The molecule has 0 fully saturated rings. The molecule has 0 aromatic carbocycles. The van der Waals surface area contributed by atoms with Gasteiger partial charge in [0.25, 0.3) is 0 Å². The van der Waals surface area contributed by atoms with Crippen molar-refractivity contribution < 1.29 is 8.42 Å². The van der Waals surface area contributed by atoms with E-state index >= 15 is 0 Å². The fraction of sp³-hybridized carbons (Fsp3) is 0.929. The van der Waals surface area contributed by atoms with Crippen LogP contribution in [-0.4, -0.2) is 46.3 Å². The number of nitrogens with one attached hydrogen (secondary N) is 3. The van der Waals surface area contributed by atoms with Crippen molar-refractivity contribution in [3.8, 4) is 0 Å². The van der Waals surface area contributed by atoms with Crippen LogP contribution in [0.1, 0.15) is 47.0 Å². The molecule has 0 aliphatic rings. The Kier molecular flexibility index (Phi) is 14.7. The Balaban J connectivity index is 0. The van der Waals surface area contributed by atoms with E-state index in [1.807, 2.05) is 6.92 Å². The molecule has 1 unspecified atom stereocenters. The van der Waals surface area contributed by atoms with Gasteiger partial charge in [0.15, 0.2) is 5.96 Å². The lowest BCUT2D eigenvalue weighted by molar-refractivity contribution is 0.491. The molecule has 0 aliphatic heterocycles. The lowest BCUT2D eigenvalue weighted by Gasteiger charge is -2.18. The maximum Gasteiger partial charge on any atom is 0.208 e. The first-order valence-electron chi connectivity index (χ1n) is 7.74. The molecule has 0 aromatic heterocycles. The van der Waals surface area contributed by atoms with Crippen LogP contribution in [0.4, 0.5) is 0 Å². The molecule has 0 heterocycles. The summed E-state index contributed by atoms with van der Waals surface area (Å²) in [7, 11) is -3.14. The Bertz CT molecular complexity index is 400. The summed E-state index contributed by atoms with van der Waals surface area (Å²) < 4.78 is 24.4. The maximum absolute atomic E-state index is 11.0. The van der Waals surface area contributed by atoms with Crippen molar-refractivity contribution in [2.75, 3.05) is 25.9 Å². The van der Waals surface area contributed by atoms with Gasteiger partial charge in [-0.1, -0.05) is 26.7 Å². The molecular weight excluding hydrogens is 415 g/mol. The number of nitrogens with zero attached hydrogens (tertiary/aromatic N) is 1. The van der Waals surface area contributed by atoms with Gasteiger partial charge in [-0.2, -0.15) is 0 Å². The van der Waals surface area contributed by atoms with Crippen molar-refractivity contribution in [2.24, 2.45) is 10.9 Å². The summed E-state index contributed by atoms with van der Waals surface area (Å²) in [4.78, 5) is 4.37. The SMILES string of the molecule is CCNC(=NCCNS(C)(=O)=O)NC(C)CCCC(C)C.I. The molecule has 0 aromatic rings. The van der Waals surface area contributed by atoms with Crippen LogP contribution in [0.3, 0.4) is 0 Å². The average molecular weight is 448 g/mol. The Hall–Kier alpha value is -0.0900. The van der Waals surface area contributed by atoms with E-state index in [0.717, 1.165) is 31.1 Å². The van der Waals surface area contributed by atoms with Crippen molar-refractivity contribution in [3.63, 3.8) is 0 Å². The molecule has 0 radical (unpaired) electrons. The summed E-state index contributed by atoms with van der Waals surface area (Å²) >= 11 is 0. The second kappa shape index (κ2) is 13.4. The molecule has 8 heteroatoms. The molecule has 6 nitrogen and oxygen atoms in total. The second-order valence-electron chi connectivity index (χ2n) is 5.80. The first-order valence-corrected chi connectivity index (χ1v) is 9.63. The van der Waals surface area contributed by atoms with E-state index in [0.29, 0.717) is 19.1 Å². The Labute approximate surface area is 153 Å². The summed E-state index contributed by atoms with van der Waals surface area (Å²) in [6.07, 6.45) is 4.68. The smallest absolute Gasteiger partial charge is 0.208 e. The predicted molar refractivity (Wildman–Crippen MR) is 106 cm³/mol. The van der Waals surface area contributed by atoms with Crippen LogP contribution in [0.2, 0.25) is 0 Å². The number of hydrogen-bond acceptors (Lipinski definition) is 3. The van der Waals surface area contributed by atoms with Crippen molar-refractivity contribution in [3.05, 3.63) is 0 Å². The van der Waals surface area contributed by atoms with Crippen LogP contribution in [0.15, 0.2) is 4.99 Å². The molecule has 0 rings (SSSR count). The van der Waals surface area contributed by atoms with Gasteiger partial charge in [0.05, 0.1) is 12.8 Å². The van der Waals surface area contributed by atoms with Gasteiger partial charge in [0.2, 0.25) is 10.0 Å². The number of guanidine groups is 1. The molecule has 134 valence electrons. The van der Waals surface area contributed by atoms with E-state index in [-0.39, 0.29) is 24.0 Å². The third kappa shape index (κ3) is 16.3. The first kappa shape index (κ1) is 24.2. The zero-order valence-electron chi connectivity index (χ0n) is 14.5. The molecule has 0 aliphatic carbocycles. The largest absolute Gasteiger partial charge is 0.357 e. The van der Waals surface area contributed by atoms with Crippen LogP contribution in [-0.2, 0) is 10.0 Å². The Morgan fingerprint density at radius 3 is 2.32 bits per heavy atom. The molecule has 1 atom stereocenters. The van der Waals surface area contributed by atoms with Crippen LogP contribution >= 0.6 is 24.0 Å². The molecule has 0 bridgehead atoms. The number of aliphatic imine (C=N–C) groups is 1. The summed E-state index contributed by atoms with van der Waals surface area (Å²) in [5.41, 5.74) is 0. The fourth-order valence-electron chi connectivity index (χ4n) is 1.86. The third-order valence-corrected chi connectivity index (χ3v) is 3.62. The molecule has 0 spiro atoms. The minimum Gasteiger partial charge on any atom is -0.357 e. The number of hydrogen-bond donors (Lipinski definition) is 3. The van der Waals surface area contributed by atoms with E-state index in [1.165, 1.54) is 12.8 Å². The van der Waals surface area contributed by atoms with Gasteiger partial charge in [-0.15, -0.1) is 24.0 Å². The molecule has 3 N–H and O–H groups in total. The average Bonchev–Trinajstić information content (AvgIpc) is 2.33. The van der Waals surface area contributed by atoms with E-state index in [1.54, 1.807) is 0 Å². The van der Waals surface area contributed by atoms with Crippen LogP contribution in [0.25, 0.3) is 0 Å². The summed E-state index contributed by atoms with van der Waals surface area (Å²) in [6.45, 7) is 10.1. The highest BCUT2D eigenvalue weighted by Gasteiger charge is 2.06. The van der Waals surface area contributed by atoms with Crippen molar-refractivity contribution >= 4 is 40.0 Å². The van der Waals surface area contributed by atoms with Gasteiger partial charge in [0, 0.05) is 19.1 Å². The minimum atomic E-state index is -3.14. The zero-order valence-corrected chi connectivity index (χ0v) is 17.6. The van der Waals surface area contributed by atoms with Crippen LogP contribution in [0.5, 0.6) is 0 Å². The van der Waals surface area contributed by atoms with Crippen molar-refractivity contribution in [1.29, 1.82) is 0 Å². The monoisotopic (exact) mass is 448 g/mol. The summed E-state index contributed by atoms with van der Waals surface area (Å²) in [6, 6.07) is 0.351. The lowest BCUT2D eigenvalue weighted by Crippen LogP contribution is -2.42. The molecule has 0 saturated heterocycles. The van der Waals surface area contributed by atoms with Gasteiger partial charge in [-0.25, -0.2) is 13.1 Å². The number of sulfonamides is 1. The Morgan fingerprint density at radius 1 is 1.18 bits per heavy atom. The van der Waals surface area contributed by atoms with Gasteiger partial charge in [-0.3, -0.25) is 4.99 Å². The molecule has 0 amide bonds. The van der Waals surface area contributed by atoms with Gasteiger partial charge in [0.1, 0.15) is 0 Å². The minimum absolute atomic E-state index is 0. The lowest BCUT2D eigenvalue weighted by atomic mass is 10.0. The van der Waals surface area contributed by atoms with Crippen LogP contribution in [0, 0.1) is 5.92 Å². The van der Waals surface area contributed by atoms with Crippen molar-refractivity contribution in [1.82, 2.24) is 15.4 Å². The molecule has 0 saturated carbocycles. The van der Waals surface area contributed by atoms with E-state index in [9.17, 15) is 8.42 Å². The first-order chi connectivity index (χ1) is 9.74. The molecular formula is C14H33IN4O2S. The topological polar surface area (TPSA) is 82.6 Å². The highest BCUT2D eigenvalue weighted by Crippen LogP contribution is 2.08. The van der Waals surface area contributed by atoms with E-state index in [2.05, 4.69) is 41.1 Å². The van der Waals surface area contributed by atoms with E-state index in [4.69, 9.17) is 0 Å². The third-order valence-electron chi connectivity index (χ3n) is 2.89. The quantitative estimate of drug-likeness (QED) is 0.207. The van der Waals surface area contributed by atoms with Gasteiger partial charge < -0.3 is 10.6 Å². The van der Waals surface area contributed by atoms with Crippen molar-refractivity contribution in [2.45, 2.75) is 53.0 Å². The summed E-state index contributed by atoms with van der Waals surface area (Å²) in [5, 5.41) is 6.52.